The van der Waals surface area contributed by atoms with Crippen molar-refractivity contribution in [1.82, 2.24) is 19.9 Å². The second kappa shape index (κ2) is 9.32. The Balaban J connectivity index is 1.58. The number of pyridine rings is 1. The second-order valence-electron chi connectivity index (χ2n) is 6.98. The number of benzene rings is 1. The van der Waals surface area contributed by atoms with E-state index in [2.05, 4.69) is 20.3 Å². The summed E-state index contributed by atoms with van der Waals surface area (Å²) in [5.74, 6) is 2.12. The zero-order chi connectivity index (χ0) is 20.8. The van der Waals surface area contributed by atoms with Crippen molar-refractivity contribution in [2.45, 2.75) is 26.0 Å². The Morgan fingerprint density at radius 2 is 2.07 bits per heavy atom. The molecular weight excluding hydrogens is 382 g/mol. The molecule has 0 radical (unpaired) electrons. The largest absolute Gasteiger partial charge is 0.455 e. The third-order valence-electron chi connectivity index (χ3n) is 4.75. The van der Waals surface area contributed by atoms with E-state index in [1.54, 1.807) is 31.9 Å². The van der Waals surface area contributed by atoms with Crippen molar-refractivity contribution >= 4 is 17.4 Å². The quantitative estimate of drug-likeness (QED) is 0.611. The van der Waals surface area contributed by atoms with Gasteiger partial charge in [-0.3, -0.25) is 14.8 Å². The van der Waals surface area contributed by atoms with Gasteiger partial charge in [0, 0.05) is 50.3 Å². The van der Waals surface area contributed by atoms with Crippen molar-refractivity contribution in [3.8, 4) is 11.5 Å². The van der Waals surface area contributed by atoms with Gasteiger partial charge in [0.1, 0.15) is 17.3 Å². The maximum Gasteiger partial charge on any atom is 0.222 e. The predicted octanol–water partition coefficient (Wildman–Crippen LogP) is 3.68. The van der Waals surface area contributed by atoms with E-state index >= 15 is 0 Å². The van der Waals surface area contributed by atoms with E-state index in [4.69, 9.17) is 9.47 Å². The first-order valence-corrected chi connectivity index (χ1v) is 9.77. The Bertz CT molecular complexity index is 995. The van der Waals surface area contributed by atoms with Gasteiger partial charge in [-0.05, 0) is 36.8 Å². The van der Waals surface area contributed by atoms with Crippen LogP contribution in [-0.2, 0) is 22.7 Å². The summed E-state index contributed by atoms with van der Waals surface area (Å²) in [7, 11) is 1.63. The van der Waals surface area contributed by atoms with E-state index in [9.17, 15) is 4.79 Å². The van der Waals surface area contributed by atoms with Crippen LogP contribution in [0.3, 0.4) is 0 Å². The summed E-state index contributed by atoms with van der Waals surface area (Å²) in [4.78, 5) is 26.7. The lowest BCUT2D eigenvalue weighted by Crippen LogP contribution is -2.24. The molecule has 30 heavy (non-hydrogen) atoms. The number of rotatable bonds is 8. The van der Waals surface area contributed by atoms with Gasteiger partial charge in [0.25, 0.3) is 0 Å². The van der Waals surface area contributed by atoms with Gasteiger partial charge in [0.05, 0.1) is 24.7 Å². The highest BCUT2D eigenvalue weighted by molar-refractivity contribution is 5.78. The maximum atomic E-state index is 12.2. The third-order valence-corrected chi connectivity index (χ3v) is 4.75. The lowest BCUT2D eigenvalue weighted by atomic mass is 10.1. The number of hydrogen-bond acceptors (Lipinski definition) is 7. The van der Waals surface area contributed by atoms with Crippen LogP contribution in [0.2, 0.25) is 0 Å². The normalized spacial score (nSPS) is 13.5. The number of hydrogen-bond donors (Lipinski definition) is 1. The molecule has 1 N–H and O–H groups in total. The summed E-state index contributed by atoms with van der Waals surface area (Å²) in [6.07, 6.45) is 8.06. The van der Waals surface area contributed by atoms with Crippen molar-refractivity contribution in [3.63, 3.8) is 0 Å². The number of amides is 1. The molecule has 3 aromatic rings. The molecule has 1 amide bonds. The molecule has 8 nitrogen and oxygen atoms in total. The molecule has 3 heterocycles. The average molecular weight is 405 g/mol. The number of aromatic nitrogens is 3. The van der Waals surface area contributed by atoms with E-state index in [1.807, 2.05) is 35.2 Å². The number of methoxy groups -OCH3 is 1. The summed E-state index contributed by atoms with van der Waals surface area (Å²) in [5, 5.41) is 3.23. The lowest BCUT2D eigenvalue weighted by Gasteiger charge is -2.19. The molecule has 0 unspecified atom stereocenters. The molecule has 4 rings (SSSR count). The minimum atomic E-state index is 0.166. The number of likely N-dealkylation sites (tertiary alicyclic amines) is 1. The summed E-state index contributed by atoms with van der Waals surface area (Å²) in [6, 6.07) is 9.50. The molecule has 8 heteroatoms. The molecular formula is C22H23N5O3. The van der Waals surface area contributed by atoms with Crippen LogP contribution in [0.25, 0.3) is 0 Å². The van der Waals surface area contributed by atoms with Crippen molar-refractivity contribution in [2.24, 2.45) is 0 Å². The Morgan fingerprint density at radius 1 is 1.13 bits per heavy atom. The highest BCUT2D eigenvalue weighted by atomic mass is 16.5. The number of carbonyl (C=O) groups excluding carboxylic acids is 1. The number of anilines is 2. The van der Waals surface area contributed by atoms with Crippen LogP contribution in [0.4, 0.5) is 11.5 Å². The molecule has 0 atom stereocenters. The van der Waals surface area contributed by atoms with Crippen molar-refractivity contribution in [2.75, 3.05) is 19.0 Å². The zero-order valence-electron chi connectivity index (χ0n) is 16.7. The fourth-order valence-corrected chi connectivity index (χ4v) is 3.30. The molecule has 0 aliphatic carbocycles. The first-order chi connectivity index (χ1) is 14.7. The number of nitrogens with zero attached hydrogens (tertiary/aromatic N) is 4. The number of nitrogens with one attached hydrogen (secondary N) is 1. The van der Waals surface area contributed by atoms with Crippen molar-refractivity contribution < 1.29 is 14.3 Å². The molecule has 1 fully saturated rings. The fourth-order valence-electron chi connectivity index (χ4n) is 3.30. The monoisotopic (exact) mass is 405 g/mol. The van der Waals surface area contributed by atoms with Crippen LogP contribution in [0.15, 0.2) is 55.1 Å². The molecule has 154 valence electrons. The van der Waals surface area contributed by atoms with Gasteiger partial charge in [-0.15, -0.1) is 0 Å². The van der Waals surface area contributed by atoms with Crippen LogP contribution in [-0.4, -0.2) is 39.4 Å². The first kappa shape index (κ1) is 19.8. The predicted molar refractivity (Wildman–Crippen MR) is 111 cm³/mol. The Kier molecular flexibility index (Phi) is 6.14. The minimum Gasteiger partial charge on any atom is -0.455 e. The lowest BCUT2D eigenvalue weighted by molar-refractivity contribution is -0.128. The fraction of sp³-hybridized carbons (Fsp3) is 0.273. The molecule has 1 aliphatic rings. The van der Waals surface area contributed by atoms with Crippen LogP contribution < -0.4 is 10.1 Å². The summed E-state index contributed by atoms with van der Waals surface area (Å²) < 4.78 is 11.2. The minimum absolute atomic E-state index is 0.166. The second-order valence-corrected chi connectivity index (χ2v) is 6.98. The van der Waals surface area contributed by atoms with E-state index in [-0.39, 0.29) is 5.91 Å². The highest BCUT2D eigenvalue weighted by Gasteiger charge is 2.22. The number of carbonyl (C=O) groups is 1. The Morgan fingerprint density at radius 3 is 2.77 bits per heavy atom. The topological polar surface area (TPSA) is 89.5 Å². The van der Waals surface area contributed by atoms with E-state index in [0.717, 1.165) is 29.9 Å². The molecule has 1 aliphatic heterocycles. The average Bonchev–Trinajstić information content (AvgIpc) is 3.17. The smallest absolute Gasteiger partial charge is 0.222 e. The summed E-state index contributed by atoms with van der Waals surface area (Å²) in [6.45, 7) is 1.69. The molecule has 0 spiro atoms. The summed E-state index contributed by atoms with van der Waals surface area (Å²) in [5.41, 5.74) is 2.58. The van der Waals surface area contributed by atoms with Gasteiger partial charge in [-0.25, -0.2) is 4.98 Å². The van der Waals surface area contributed by atoms with Crippen LogP contribution in [0.5, 0.6) is 11.5 Å². The maximum absolute atomic E-state index is 12.2. The SMILES string of the molecule is COCc1ccc(Oc2ccc(Nc3cnccn3)cc2CN2CCCC2=O)cn1. The Labute approximate surface area is 174 Å². The van der Waals surface area contributed by atoms with Crippen molar-refractivity contribution in [1.29, 1.82) is 0 Å². The zero-order valence-corrected chi connectivity index (χ0v) is 16.7. The summed E-state index contributed by atoms with van der Waals surface area (Å²) >= 11 is 0. The van der Waals surface area contributed by atoms with Gasteiger partial charge in [0.2, 0.25) is 5.91 Å². The van der Waals surface area contributed by atoms with Gasteiger partial charge in [0.15, 0.2) is 0 Å². The van der Waals surface area contributed by atoms with Crippen LogP contribution in [0.1, 0.15) is 24.1 Å². The Hall–Kier alpha value is -3.52. The van der Waals surface area contributed by atoms with E-state index in [1.165, 1.54) is 0 Å². The van der Waals surface area contributed by atoms with E-state index < -0.39 is 0 Å². The molecule has 2 aromatic heterocycles. The van der Waals surface area contributed by atoms with Crippen LogP contribution in [0, 0.1) is 0 Å². The molecule has 0 saturated carbocycles. The number of ether oxygens (including phenoxy) is 2. The highest BCUT2D eigenvalue weighted by Crippen LogP contribution is 2.30. The molecule has 1 saturated heterocycles. The van der Waals surface area contributed by atoms with E-state index in [0.29, 0.717) is 36.9 Å². The van der Waals surface area contributed by atoms with Crippen LogP contribution >= 0.6 is 0 Å². The molecule has 1 aromatic carbocycles. The van der Waals surface area contributed by atoms with Gasteiger partial charge in [-0.1, -0.05) is 0 Å². The standard InChI is InChI=1S/C22H23N5O3/c1-29-15-18-4-6-19(12-25-18)30-20-7-5-17(26-21-13-23-8-9-24-21)11-16(20)14-27-10-2-3-22(27)28/h4-9,11-13H,2-3,10,14-15H2,1H3,(H,24,26). The van der Waals surface area contributed by atoms with Crippen molar-refractivity contribution in [3.05, 3.63) is 66.4 Å². The van der Waals surface area contributed by atoms with Gasteiger partial charge in [-0.2, -0.15) is 0 Å². The molecule has 0 bridgehead atoms. The first-order valence-electron chi connectivity index (χ1n) is 9.77. The van der Waals surface area contributed by atoms with Gasteiger partial charge < -0.3 is 19.7 Å². The van der Waals surface area contributed by atoms with Gasteiger partial charge >= 0.3 is 0 Å². The third kappa shape index (κ3) is 4.90.